The highest BCUT2D eigenvalue weighted by molar-refractivity contribution is 5.90. The first-order valence-corrected chi connectivity index (χ1v) is 7.29. The quantitative estimate of drug-likeness (QED) is 0.870. The van der Waals surface area contributed by atoms with Gasteiger partial charge < -0.3 is 15.4 Å². The molecule has 0 bridgehead atoms. The third-order valence-electron chi connectivity index (χ3n) is 3.67. The first kappa shape index (κ1) is 14.3. The number of nitrogens with two attached hydrogens (primary N) is 1. The van der Waals surface area contributed by atoms with Crippen molar-refractivity contribution >= 4 is 17.6 Å². The SMILES string of the molecule is CCOC(=O)c1cccc(N2CCc3nc(N)ncc3C2)c1. The fraction of sp³-hybridized carbons (Fsp3) is 0.312. The Morgan fingerprint density at radius 3 is 3.14 bits per heavy atom. The number of hydrogen-bond acceptors (Lipinski definition) is 6. The zero-order chi connectivity index (χ0) is 15.5. The Balaban J connectivity index is 1.82. The molecule has 6 nitrogen and oxygen atoms in total. The van der Waals surface area contributed by atoms with E-state index in [4.69, 9.17) is 10.5 Å². The van der Waals surface area contributed by atoms with Gasteiger partial charge in [-0.2, -0.15) is 0 Å². The number of esters is 1. The monoisotopic (exact) mass is 298 g/mol. The van der Waals surface area contributed by atoms with Gasteiger partial charge in [0, 0.05) is 37.0 Å². The van der Waals surface area contributed by atoms with Gasteiger partial charge in [-0.3, -0.25) is 0 Å². The van der Waals surface area contributed by atoms with Crippen LogP contribution in [0.5, 0.6) is 0 Å². The van der Waals surface area contributed by atoms with Crippen LogP contribution in [0.1, 0.15) is 28.5 Å². The Bertz CT molecular complexity index is 702. The highest BCUT2D eigenvalue weighted by Gasteiger charge is 2.19. The van der Waals surface area contributed by atoms with E-state index in [0.717, 1.165) is 29.9 Å². The Labute approximate surface area is 128 Å². The molecule has 0 fully saturated rings. The third-order valence-corrected chi connectivity index (χ3v) is 3.67. The first-order chi connectivity index (χ1) is 10.7. The van der Waals surface area contributed by atoms with Crippen molar-refractivity contribution in [1.29, 1.82) is 0 Å². The Morgan fingerprint density at radius 1 is 1.45 bits per heavy atom. The summed E-state index contributed by atoms with van der Waals surface area (Å²) in [6.45, 7) is 3.71. The maximum atomic E-state index is 11.8. The van der Waals surface area contributed by atoms with Gasteiger partial charge in [-0.05, 0) is 25.1 Å². The predicted octanol–water partition coefficient (Wildman–Crippen LogP) is 1.80. The Hall–Kier alpha value is -2.63. The van der Waals surface area contributed by atoms with E-state index in [1.165, 1.54) is 0 Å². The van der Waals surface area contributed by atoms with Crippen molar-refractivity contribution in [3.63, 3.8) is 0 Å². The van der Waals surface area contributed by atoms with Crippen molar-refractivity contribution in [1.82, 2.24) is 9.97 Å². The van der Waals surface area contributed by atoms with Crippen LogP contribution < -0.4 is 10.6 Å². The summed E-state index contributed by atoms with van der Waals surface area (Å²) < 4.78 is 5.05. The van der Waals surface area contributed by atoms with Crippen molar-refractivity contribution < 1.29 is 9.53 Å². The minimum Gasteiger partial charge on any atom is -0.462 e. The first-order valence-electron chi connectivity index (χ1n) is 7.29. The van der Waals surface area contributed by atoms with Gasteiger partial charge >= 0.3 is 5.97 Å². The van der Waals surface area contributed by atoms with Gasteiger partial charge in [-0.15, -0.1) is 0 Å². The van der Waals surface area contributed by atoms with Crippen LogP contribution in [0, 0.1) is 0 Å². The smallest absolute Gasteiger partial charge is 0.338 e. The molecule has 114 valence electrons. The summed E-state index contributed by atoms with van der Waals surface area (Å²) in [6.07, 6.45) is 2.59. The molecule has 0 aliphatic carbocycles. The van der Waals surface area contributed by atoms with Gasteiger partial charge in [-0.1, -0.05) is 6.07 Å². The zero-order valence-electron chi connectivity index (χ0n) is 12.5. The second-order valence-electron chi connectivity index (χ2n) is 5.14. The van der Waals surface area contributed by atoms with Gasteiger partial charge in [0.25, 0.3) is 0 Å². The number of aromatic nitrogens is 2. The normalized spacial score (nSPS) is 13.6. The number of fused-ring (bicyclic) bond motifs is 1. The molecule has 22 heavy (non-hydrogen) atoms. The standard InChI is InChI=1S/C16H18N4O2/c1-2-22-15(21)11-4-3-5-13(8-11)20-7-6-14-12(10-20)9-18-16(17)19-14/h3-5,8-9H,2,6-7,10H2,1H3,(H2,17,18,19). The van der Waals surface area contributed by atoms with Gasteiger partial charge in [-0.25, -0.2) is 14.8 Å². The molecule has 1 aliphatic rings. The Morgan fingerprint density at radius 2 is 2.32 bits per heavy atom. The number of carbonyl (C=O) groups excluding carboxylic acids is 1. The van der Waals surface area contributed by atoms with E-state index < -0.39 is 0 Å². The van der Waals surface area contributed by atoms with E-state index in [0.29, 0.717) is 24.7 Å². The maximum absolute atomic E-state index is 11.8. The van der Waals surface area contributed by atoms with Crippen molar-refractivity contribution in [2.75, 3.05) is 23.8 Å². The van der Waals surface area contributed by atoms with Gasteiger partial charge in [0.1, 0.15) is 0 Å². The molecule has 0 saturated heterocycles. The largest absolute Gasteiger partial charge is 0.462 e. The number of benzene rings is 1. The van der Waals surface area contributed by atoms with E-state index in [-0.39, 0.29) is 5.97 Å². The van der Waals surface area contributed by atoms with Crippen LogP contribution in [-0.2, 0) is 17.7 Å². The van der Waals surface area contributed by atoms with E-state index in [1.807, 2.05) is 18.2 Å². The van der Waals surface area contributed by atoms with Crippen LogP contribution in [0.25, 0.3) is 0 Å². The summed E-state index contributed by atoms with van der Waals surface area (Å²) in [7, 11) is 0. The van der Waals surface area contributed by atoms with Crippen molar-refractivity contribution in [3.8, 4) is 0 Å². The zero-order valence-corrected chi connectivity index (χ0v) is 12.5. The number of nitrogen functional groups attached to an aromatic ring is 1. The molecule has 1 aromatic heterocycles. The van der Waals surface area contributed by atoms with Crippen LogP contribution >= 0.6 is 0 Å². The third kappa shape index (κ3) is 2.86. The number of hydrogen-bond donors (Lipinski definition) is 1. The average molecular weight is 298 g/mol. The molecular weight excluding hydrogens is 280 g/mol. The van der Waals surface area contributed by atoms with Crippen LogP contribution in [0.3, 0.4) is 0 Å². The fourth-order valence-electron chi connectivity index (χ4n) is 2.60. The van der Waals surface area contributed by atoms with E-state index in [1.54, 1.807) is 19.2 Å². The number of nitrogens with zero attached hydrogens (tertiary/aromatic N) is 3. The Kier molecular flexibility index (Phi) is 3.91. The average Bonchev–Trinajstić information content (AvgIpc) is 2.54. The lowest BCUT2D eigenvalue weighted by atomic mass is 10.1. The highest BCUT2D eigenvalue weighted by Crippen LogP contribution is 2.24. The second kappa shape index (κ2) is 6.01. The maximum Gasteiger partial charge on any atom is 0.338 e. The van der Waals surface area contributed by atoms with E-state index in [9.17, 15) is 4.79 Å². The minimum atomic E-state index is -0.294. The summed E-state index contributed by atoms with van der Waals surface area (Å²) >= 11 is 0. The molecule has 0 radical (unpaired) electrons. The van der Waals surface area contributed by atoms with Crippen LogP contribution in [0.15, 0.2) is 30.5 Å². The number of rotatable bonds is 3. The summed E-state index contributed by atoms with van der Waals surface area (Å²) in [5, 5.41) is 0. The topological polar surface area (TPSA) is 81.3 Å². The molecular formula is C16H18N4O2. The van der Waals surface area contributed by atoms with Gasteiger partial charge in [0.2, 0.25) is 5.95 Å². The summed E-state index contributed by atoms with van der Waals surface area (Å²) in [4.78, 5) is 22.4. The van der Waals surface area contributed by atoms with E-state index >= 15 is 0 Å². The summed E-state index contributed by atoms with van der Waals surface area (Å²) in [5.74, 6) is 0.0226. The second-order valence-corrected chi connectivity index (χ2v) is 5.14. The summed E-state index contributed by atoms with van der Waals surface area (Å²) in [5.41, 5.74) is 9.26. The minimum absolute atomic E-state index is 0.294. The predicted molar refractivity (Wildman–Crippen MR) is 83.6 cm³/mol. The number of carbonyl (C=O) groups is 1. The molecule has 3 rings (SSSR count). The molecule has 6 heteroatoms. The molecule has 0 spiro atoms. The summed E-state index contributed by atoms with van der Waals surface area (Å²) in [6, 6.07) is 7.49. The number of ether oxygens (including phenoxy) is 1. The molecule has 2 N–H and O–H groups in total. The number of anilines is 2. The fourth-order valence-corrected chi connectivity index (χ4v) is 2.60. The van der Waals surface area contributed by atoms with Crippen molar-refractivity contribution in [2.45, 2.75) is 19.9 Å². The van der Waals surface area contributed by atoms with E-state index in [2.05, 4.69) is 14.9 Å². The van der Waals surface area contributed by atoms with Gasteiger partial charge in [0.15, 0.2) is 0 Å². The molecule has 0 saturated carbocycles. The molecule has 0 amide bonds. The van der Waals surface area contributed by atoms with Crippen LogP contribution in [-0.4, -0.2) is 29.1 Å². The molecule has 0 unspecified atom stereocenters. The lowest BCUT2D eigenvalue weighted by Crippen LogP contribution is -2.31. The van der Waals surface area contributed by atoms with Crippen molar-refractivity contribution in [3.05, 3.63) is 47.3 Å². The lowest BCUT2D eigenvalue weighted by Gasteiger charge is -2.30. The van der Waals surface area contributed by atoms with Crippen LogP contribution in [0.4, 0.5) is 11.6 Å². The lowest BCUT2D eigenvalue weighted by molar-refractivity contribution is 0.0526. The molecule has 0 atom stereocenters. The highest BCUT2D eigenvalue weighted by atomic mass is 16.5. The molecule has 1 aromatic carbocycles. The molecule has 2 aromatic rings. The van der Waals surface area contributed by atoms with Crippen molar-refractivity contribution in [2.24, 2.45) is 0 Å². The molecule has 2 heterocycles. The van der Waals surface area contributed by atoms with Gasteiger partial charge in [0.05, 0.1) is 17.9 Å². The molecule has 1 aliphatic heterocycles. The van der Waals surface area contributed by atoms with Crippen LogP contribution in [0.2, 0.25) is 0 Å².